The molecule has 0 atom stereocenters. The number of carbonyl (C=O) groups excluding carboxylic acids is 2. The first-order valence-corrected chi connectivity index (χ1v) is 7.32. The first-order chi connectivity index (χ1) is 8.15. The van der Waals surface area contributed by atoms with E-state index in [1.807, 2.05) is 6.92 Å². The quantitative estimate of drug-likeness (QED) is 0.470. The van der Waals surface area contributed by atoms with E-state index in [0.717, 1.165) is 18.6 Å². The SMILES string of the molecule is CCCCSCC(=O)N(CC)CC(=O)OCC. The third-order valence-corrected chi connectivity index (χ3v) is 3.26. The lowest BCUT2D eigenvalue weighted by Crippen LogP contribution is -2.37. The molecule has 17 heavy (non-hydrogen) atoms. The summed E-state index contributed by atoms with van der Waals surface area (Å²) in [7, 11) is 0. The normalized spacial score (nSPS) is 10.1. The molecule has 0 N–H and O–H groups in total. The smallest absolute Gasteiger partial charge is 0.325 e. The minimum absolute atomic E-state index is 0.0154. The zero-order valence-electron chi connectivity index (χ0n) is 11.0. The molecule has 1 amide bonds. The van der Waals surface area contributed by atoms with Crippen molar-refractivity contribution in [2.75, 3.05) is 31.2 Å². The molecule has 4 nitrogen and oxygen atoms in total. The summed E-state index contributed by atoms with van der Waals surface area (Å²) in [6.45, 7) is 6.73. The van der Waals surface area contributed by atoms with Crippen LogP contribution in [-0.4, -0.2) is 48.0 Å². The van der Waals surface area contributed by atoms with Crippen molar-refractivity contribution in [1.82, 2.24) is 4.90 Å². The standard InChI is InChI=1S/C12H23NO3S/c1-4-7-8-17-10-11(14)13(5-2)9-12(15)16-6-3/h4-10H2,1-3H3. The van der Waals surface area contributed by atoms with Gasteiger partial charge in [0.25, 0.3) is 0 Å². The van der Waals surface area contributed by atoms with Gasteiger partial charge < -0.3 is 9.64 Å². The molecule has 0 aromatic rings. The maximum atomic E-state index is 11.8. The molecule has 0 rings (SSSR count). The number of hydrogen-bond acceptors (Lipinski definition) is 4. The van der Waals surface area contributed by atoms with Crippen molar-refractivity contribution in [3.8, 4) is 0 Å². The maximum absolute atomic E-state index is 11.8. The van der Waals surface area contributed by atoms with Crippen LogP contribution in [0.1, 0.15) is 33.6 Å². The molecule has 5 heteroatoms. The van der Waals surface area contributed by atoms with Crippen molar-refractivity contribution < 1.29 is 14.3 Å². The summed E-state index contributed by atoms with van der Waals surface area (Å²) in [5.41, 5.74) is 0. The van der Waals surface area contributed by atoms with Crippen molar-refractivity contribution in [3.05, 3.63) is 0 Å². The Morgan fingerprint density at radius 2 is 1.94 bits per heavy atom. The van der Waals surface area contributed by atoms with Crippen LogP contribution in [0.3, 0.4) is 0 Å². The number of rotatable bonds is 9. The Hall–Kier alpha value is -0.710. The van der Waals surface area contributed by atoms with Gasteiger partial charge in [-0.25, -0.2) is 0 Å². The van der Waals surface area contributed by atoms with Crippen molar-refractivity contribution in [2.45, 2.75) is 33.6 Å². The fraction of sp³-hybridized carbons (Fsp3) is 0.833. The van der Waals surface area contributed by atoms with Gasteiger partial charge in [0.2, 0.25) is 5.91 Å². The first kappa shape index (κ1) is 16.3. The Morgan fingerprint density at radius 3 is 2.47 bits per heavy atom. The van der Waals surface area contributed by atoms with Crippen molar-refractivity contribution in [3.63, 3.8) is 0 Å². The highest BCUT2D eigenvalue weighted by atomic mass is 32.2. The van der Waals surface area contributed by atoms with E-state index in [1.54, 1.807) is 18.7 Å². The average Bonchev–Trinajstić information content (AvgIpc) is 2.31. The molecular weight excluding hydrogens is 238 g/mol. The van der Waals surface area contributed by atoms with Crippen LogP contribution in [0.25, 0.3) is 0 Å². The molecule has 0 aromatic heterocycles. The van der Waals surface area contributed by atoms with Crippen LogP contribution in [0.2, 0.25) is 0 Å². The number of ether oxygens (including phenoxy) is 1. The Bertz CT molecular complexity index is 234. The number of carbonyl (C=O) groups is 2. The van der Waals surface area contributed by atoms with Gasteiger partial charge in [-0.3, -0.25) is 9.59 Å². The van der Waals surface area contributed by atoms with E-state index in [4.69, 9.17) is 4.74 Å². The van der Waals surface area contributed by atoms with E-state index >= 15 is 0 Å². The van der Waals surface area contributed by atoms with E-state index in [1.165, 1.54) is 4.90 Å². The van der Waals surface area contributed by atoms with Gasteiger partial charge in [-0.1, -0.05) is 13.3 Å². The molecule has 0 aromatic carbocycles. The van der Waals surface area contributed by atoms with E-state index < -0.39 is 0 Å². The molecule has 0 aliphatic heterocycles. The summed E-state index contributed by atoms with van der Waals surface area (Å²) in [4.78, 5) is 24.6. The van der Waals surface area contributed by atoms with E-state index in [2.05, 4.69) is 6.92 Å². The molecule has 0 aliphatic carbocycles. The fourth-order valence-electron chi connectivity index (χ4n) is 1.24. The molecule has 0 fully saturated rings. The van der Waals surface area contributed by atoms with Gasteiger partial charge in [0.1, 0.15) is 6.54 Å². The van der Waals surface area contributed by atoms with Gasteiger partial charge in [0, 0.05) is 6.54 Å². The molecule has 0 spiro atoms. The molecule has 0 unspecified atom stereocenters. The third-order valence-electron chi connectivity index (χ3n) is 2.23. The molecular formula is C12H23NO3S. The highest BCUT2D eigenvalue weighted by Crippen LogP contribution is 2.06. The molecule has 0 radical (unpaired) electrons. The summed E-state index contributed by atoms with van der Waals surface area (Å²) in [6.07, 6.45) is 2.27. The summed E-state index contributed by atoms with van der Waals surface area (Å²) in [5.74, 6) is 1.13. The van der Waals surface area contributed by atoms with Gasteiger partial charge in [0.15, 0.2) is 0 Å². The largest absolute Gasteiger partial charge is 0.465 e. The maximum Gasteiger partial charge on any atom is 0.325 e. The Labute approximate surface area is 108 Å². The third kappa shape index (κ3) is 8.07. The molecule has 0 saturated carbocycles. The predicted octanol–water partition coefficient (Wildman–Crippen LogP) is 1.93. The Kier molecular flexibility index (Phi) is 10.0. The summed E-state index contributed by atoms with van der Waals surface area (Å²) in [5, 5.41) is 0. The average molecular weight is 261 g/mol. The van der Waals surface area contributed by atoms with Crippen molar-refractivity contribution >= 4 is 23.6 Å². The highest BCUT2D eigenvalue weighted by molar-refractivity contribution is 7.99. The highest BCUT2D eigenvalue weighted by Gasteiger charge is 2.15. The lowest BCUT2D eigenvalue weighted by atomic mass is 10.4. The van der Waals surface area contributed by atoms with Crippen LogP contribution in [-0.2, 0) is 14.3 Å². The number of unbranched alkanes of at least 4 members (excludes halogenated alkanes) is 1. The second-order valence-corrected chi connectivity index (χ2v) is 4.72. The predicted molar refractivity (Wildman–Crippen MR) is 71.1 cm³/mol. The van der Waals surface area contributed by atoms with E-state index in [9.17, 15) is 9.59 Å². The number of esters is 1. The molecule has 0 saturated heterocycles. The number of amides is 1. The number of hydrogen-bond donors (Lipinski definition) is 0. The van der Waals surface area contributed by atoms with Crippen LogP contribution in [0.15, 0.2) is 0 Å². The zero-order chi connectivity index (χ0) is 13.1. The van der Waals surface area contributed by atoms with Crippen LogP contribution >= 0.6 is 11.8 Å². The van der Waals surface area contributed by atoms with E-state index in [0.29, 0.717) is 18.9 Å². The lowest BCUT2D eigenvalue weighted by molar-refractivity contribution is -0.148. The number of thioether (sulfide) groups is 1. The number of likely N-dealkylation sites (N-methyl/N-ethyl adjacent to an activating group) is 1. The first-order valence-electron chi connectivity index (χ1n) is 6.16. The summed E-state index contributed by atoms with van der Waals surface area (Å²) in [6, 6.07) is 0. The van der Waals surface area contributed by atoms with Crippen LogP contribution < -0.4 is 0 Å². The topological polar surface area (TPSA) is 46.6 Å². The minimum atomic E-state index is -0.332. The van der Waals surface area contributed by atoms with Crippen molar-refractivity contribution in [2.24, 2.45) is 0 Å². The molecule has 100 valence electrons. The van der Waals surface area contributed by atoms with Gasteiger partial charge in [0.05, 0.1) is 12.4 Å². The van der Waals surface area contributed by atoms with Gasteiger partial charge in [-0.05, 0) is 26.0 Å². The fourth-order valence-corrected chi connectivity index (χ4v) is 2.23. The van der Waals surface area contributed by atoms with Gasteiger partial charge >= 0.3 is 5.97 Å². The molecule has 0 bridgehead atoms. The Balaban J connectivity index is 3.90. The number of nitrogens with zero attached hydrogens (tertiary/aromatic N) is 1. The second kappa shape index (κ2) is 10.4. The van der Waals surface area contributed by atoms with Crippen LogP contribution in [0, 0.1) is 0 Å². The molecule has 0 heterocycles. The van der Waals surface area contributed by atoms with Crippen molar-refractivity contribution in [1.29, 1.82) is 0 Å². The molecule has 0 aliphatic rings. The monoisotopic (exact) mass is 261 g/mol. The second-order valence-electron chi connectivity index (χ2n) is 3.62. The van der Waals surface area contributed by atoms with Gasteiger partial charge in [-0.15, -0.1) is 0 Å². The summed E-state index contributed by atoms with van der Waals surface area (Å²) < 4.78 is 4.83. The zero-order valence-corrected chi connectivity index (χ0v) is 11.8. The minimum Gasteiger partial charge on any atom is -0.465 e. The van der Waals surface area contributed by atoms with Gasteiger partial charge in [-0.2, -0.15) is 11.8 Å². The van der Waals surface area contributed by atoms with Crippen LogP contribution in [0.5, 0.6) is 0 Å². The lowest BCUT2D eigenvalue weighted by Gasteiger charge is -2.19. The summed E-state index contributed by atoms with van der Waals surface area (Å²) >= 11 is 1.63. The van der Waals surface area contributed by atoms with E-state index in [-0.39, 0.29) is 18.4 Å². The Morgan fingerprint density at radius 1 is 1.24 bits per heavy atom. The van der Waals surface area contributed by atoms with Crippen LogP contribution in [0.4, 0.5) is 0 Å².